The largest absolute Gasteiger partial charge is 0.473 e. The summed E-state index contributed by atoms with van der Waals surface area (Å²) in [5.74, 6) is -1.03. The molecule has 0 aliphatic heterocycles. The second-order valence-corrected chi connectivity index (χ2v) is 5.13. The summed E-state index contributed by atoms with van der Waals surface area (Å²) in [4.78, 5) is 17.7. The molecular formula is C18H11F2N3O2. The molecule has 5 nitrogen and oxygen atoms in total. The van der Waals surface area contributed by atoms with Gasteiger partial charge < -0.3 is 9.72 Å². The van der Waals surface area contributed by atoms with Gasteiger partial charge in [0.25, 0.3) is 0 Å². The van der Waals surface area contributed by atoms with Crippen molar-refractivity contribution in [2.24, 2.45) is 0 Å². The van der Waals surface area contributed by atoms with Crippen molar-refractivity contribution in [3.05, 3.63) is 81.8 Å². The molecule has 0 bridgehead atoms. The van der Waals surface area contributed by atoms with E-state index in [0.717, 1.165) is 18.3 Å². The van der Waals surface area contributed by atoms with Gasteiger partial charge in [0.1, 0.15) is 18.2 Å². The van der Waals surface area contributed by atoms with E-state index in [0.29, 0.717) is 0 Å². The number of H-pyrrole nitrogens is 1. The summed E-state index contributed by atoms with van der Waals surface area (Å²) in [7, 11) is 0. The van der Waals surface area contributed by atoms with Crippen LogP contribution in [-0.4, -0.2) is 9.97 Å². The Morgan fingerprint density at radius 3 is 2.76 bits per heavy atom. The van der Waals surface area contributed by atoms with E-state index in [2.05, 4.69) is 9.97 Å². The number of aromatic nitrogens is 2. The molecular weight excluding hydrogens is 328 g/mol. The Bertz CT molecular complexity index is 1030. The monoisotopic (exact) mass is 339 g/mol. The number of aromatic amines is 1. The molecule has 25 heavy (non-hydrogen) atoms. The molecule has 0 aliphatic carbocycles. The first kappa shape index (κ1) is 16.3. The van der Waals surface area contributed by atoms with Gasteiger partial charge in [0.15, 0.2) is 0 Å². The van der Waals surface area contributed by atoms with Crippen LogP contribution in [-0.2, 0) is 6.61 Å². The second-order valence-electron chi connectivity index (χ2n) is 5.13. The van der Waals surface area contributed by atoms with Gasteiger partial charge in [-0.05, 0) is 18.2 Å². The lowest BCUT2D eigenvalue weighted by molar-refractivity contribution is 0.288. The van der Waals surface area contributed by atoms with E-state index in [1.807, 2.05) is 6.07 Å². The van der Waals surface area contributed by atoms with Gasteiger partial charge in [0.05, 0.1) is 17.3 Å². The van der Waals surface area contributed by atoms with Crippen molar-refractivity contribution >= 4 is 0 Å². The Morgan fingerprint density at radius 1 is 1.16 bits per heavy atom. The number of halogens is 2. The summed E-state index contributed by atoms with van der Waals surface area (Å²) in [5.41, 5.74) is 0.281. The summed E-state index contributed by atoms with van der Waals surface area (Å²) in [6.45, 7) is -0.105. The van der Waals surface area contributed by atoms with E-state index in [1.54, 1.807) is 6.07 Å². The minimum absolute atomic E-state index is 0.0405. The quantitative estimate of drug-likeness (QED) is 0.792. The van der Waals surface area contributed by atoms with Crippen LogP contribution < -0.4 is 10.3 Å². The van der Waals surface area contributed by atoms with Crippen LogP contribution in [0.15, 0.2) is 53.5 Å². The number of nitrogens with one attached hydrogen (secondary N) is 1. The first-order valence-electron chi connectivity index (χ1n) is 7.24. The maximum Gasteiger partial charge on any atom is 0.248 e. The van der Waals surface area contributed by atoms with Gasteiger partial charge >= 0.3 is 0 Å². The minimum Gasteiger partial charge on any atom is -0.473 e. The van der Waals surface area contributed by atoms with E-state index in [-0.39, 0.29) is 34.9 Å². The SMILES string of the molecule is N#Cc1ccc(COc2cccc(-c3cc(=O)[nH]cc3F)n2)c(F)c1. The molecule has 0 saturated carbocycles. The van der Waals surface area contributed by atoms with Crippen molar-refractivity contribution in [1.29, 1.82) is 5.26 Å². The van der Waals surface area contributed by atoms with Crippen molar-refractivity contribution in [3.63, 3.8) is 0 Å². The highest BCUT2D eigenvalue weighted by atomic mass is 19.1. The van der Waals surface area contributed by atoms with Crippen LogP contribution in [0, 0.1) is 23.0 Å². The Labute approximate surface area is 141 Å². The molecule has 7 heteroatoms. The number of hydrogen-bond donors (Lipinski definition) is 1. The molecule has 0 radical (unpaired) electrons. The van der Waals surface area contributed by atoms with E-state index in [4.69, 9.17) is 10.00 Å². The minimum atomic E-state index is -0.623. The molecule has 0 amide bonds. The summed E-state index contributed by atoms with van der Waals surface area (Å²) in [6, 6.07) is 11.7. The van der Waals surface area contributed by atoms with Crippen LogP contribution >= 0.6 is 0 Å². The molecule has 124 valence electrons. The third kappa shape index (κ3) is 3.70. The first-order valence-corrected chi connectivity index (χ1v) is 7.24. The average molecular weight is 339 g/mol. The number of nitrogens with zero attached hydrogens (tertiary/aromatic N) is 2. The van der Waals surface area contributed by atoms with E-state index < -0.39 is 17.2 Å². The Kier molecular flexibility index (Phi) is 4.53. The van der Waals surface area contributed by atoms with E-state index in [9.17, 15) is 13.6 Å². The third-order valence-corrected chi connectivity index (χ3v) is 3.43. The van der Waals surface area contributed by atoms with Crippen molar-refractivity contribution in [3.8, 4) is 23.2 Å². The topological polar surface area (TPSA) is 78.8 Å². The molecule has 1 aromatic carbocycles. The van der Waals surface area contributed by atoms with Crippen LogP contribution in [0.2, 0.25) is 0 Å². The van der Waals surface area contributed by atoms with E-state index in [1.165, 1.54) is 24.3 Å². The Morgan fingerprint density at radius 2 is 2.00 bits per heavy atom. The fourth-order valence-corrected chi connectivity index (χ4v) is 2.18. The van der Waals surface area contributed by atoms with Gasteiger partial charge in [-0.2, -0.15) is 5.26 Å². The highest BCUT2D eigenvalue weighted by Crippen LogP contribution is 2.21. The number of hydrogen-bond acceptors (Lipinski definition) is 4. The van der Waals surface area contributed by atoms with Crippen LogP contribution in [0.25, 0.3) is 11.3 Å². The highest BCUT2D eigenvalue weighted by Gasteiger charge is 2.10. The lowest BCUT2D eigenvalue weighted by atomic mass is 10.1. The molecule has 0 atom stereocenters. The van der Waals surface area contributed by atoms with Crippen LogP contribution in [0.5, 0.6) is 5.88 Å². The van der Waals surface area contributed by atoms with Crippen LogP contribution in [0.1, 0.15) is 11.1 Å². The molecule has 2 aromatic heterocycles. The zero-order valence-electron chi connectivity index (χ0n) is 12.8. The number of pyridine rings is 2. The molecule has 0 unspecified atom stereocenters. The van der Waals surface area contributed by atoms with Gasteiger partial charge in [-0.15, -0.1) is 0 Å². The second kappa shape index (κ2) is 6.93. The summed E-state index contributed by atoms with van der Waals surface area (Å²) < 4.78 is 33.1. The first-order chi connectivity index (χ1) is 12.1. The Hall–Kier alpha value is -3.53. The normalized spacial score (nSPS) is 10.3. The van der Waals surface area contributed by atoms with Gasteiger partial charge in [-0.25, -0.2) is 13.8 Å². The predicted molar refractivity (Wildman–Crippen MR) is 85.7 cm³/mol. The van der Waals surface area contributed by atoms with Crippen LogP contribution in [0.3, 0.4) is 0 Å². The molecule has 3 rings (SSSR count). The van der Waals surface area contributed by atoms with Crippen LogP contribution in [0.4, 0.5) is 8.78 Å². The van der Waals surface area contributed by atoms with Crippen molar-refractivity contribution < 1.29 is 13.5 Å². The van der Waals surface area contributed by atoms with Crippen molar-refractivity contribution in [1.82, 2.24) is 9.97 Å². The zero-order valence-corrected chi connectivity index (χ0v) is 12.8. The lowest BCUT2D eigenvalue weighted by Crippen LogP contribution is -2.06. The molecule has 0 saturated heterocycles. The number of benzene rings is 1. The maximum absolute atomic E-state index is 13.8. The van der Waals surface area contributed by atoms with Gasteiger partial charge in [0, 0.05) is 29.5 Å². The van der Waals surface area contributed by atoms with Gasteiger partial charge in [0.2, 0.25) is 11.4 Å². The van der Waals surface area contributed by atoms with Gasteiger partial charge in [-0.1, -0.05) is 12.1 Å². The van der Waals surface area contributed by atoms with Gasteiger partial charge in [-0.3, -0.25) is 4.79 Å². The molecule has 3 aromatic rings. The molecule has 0 fully saturated rings. The fraction of sp³-hybridized carbons (Fsp3) is 0.0556. The number of rotatable bonds is 4. The highest BCUT2D eigenvalue weighted by molar-refractivity contribution is 5.59. The molecule has 0 spiro atoms. The fourth-order valence-electron chi connectivity index (χ4n) is 2.18. The smallest absolute Gasteiger partial charge is 0.248 e. The predicted octanol–water partition coefficient (Wildman–Crippen LogP) is 3.17. The average Bonchev–Trinajstić information content (AvgIpc) is 2.63. The van der Waals surface area contributed by atoms with E-state index >= 15 is 0 Å². The van der Waals surface area contributed by atoms with Crippen molar-refractivity contribution in [2.45, 2.75) is 6.61 Å². The molecule has 2 heterocycles. The third-order valence-electron chi connectivity index (χ3n) is 3.43. The number of ether oxygens (including phenoxy) is 1. The summed E-state index contributed by atoms with van der Waals surface area (Å²) in [6.07, 6.45) is 0.957. The zero-order chi connectivity index (χ0) is 17.8. The standard InChI is InChI=1S/C18H11F2N3O2/c19-14-6-11(8-21)4-5-12(14)10-25-18-3-1-2-16(23-18)13-7-17(24)22-9-15(13)20/h1-7,9H,10H2,(H,22,24). The molecule has 1 N–H and O–H groups in total. The molecule has 0 aliphatic rings. The Balaban J connectivity index is 1.82. The number of nitriles is 1. The lowest BCUT2D eigenvalue weighted by Gasteiger charge is -2.08. The maximum atomic E-state index is 13.8. The summed E-state index contributed by atoms with van der Waals surface area (Å²) in [5, 5.41) is 8.73. The van der Waals surface area contributed by atoms with Crippen molar-refractivity contribution in [2.75, 3.05) is 0 Å². The summed E-state index contributed by atoms with van der Waals surface area (Å²) >= 11 is 0.